The first-order valence-corrected chi connectivity index (χ1v) is 8.26. The van der Waals surface area contributed by atoms with E-state index in [9.17, 15) is 0 Å². The summed E-state index contributed by atoms with van der Waals surface area (Å²) < 4.78 is 0. The lowest BCUT2D eigenvalue weighted by molar-refractivity contribution is 0.244. The Hall–Kier alpha value is -2.60. The molecule has 1 saturated heterocycles. The number of rotatable bonds is 4. The van der Waals surface area contributed by atoms with E-state index in [1.807, 2.05) is 37.8 Å². The molecule has 0 aromatic carbocycles. The van der Waals surface area contributed by atoms with Crippen molar-refractivity contribution >= 4 is 0 Å². The van der Waals surface area contributed by atoms with Gasteiger partial charge in [-0.1, -0.05) is 6.07 Å². The van der Waals surface area contributed by atoms with Gasteiger partial charge in [-0.05, 0) is 37.9 Å². The third kappa shape index (κ3) is 3.05. The van der Waals surface area contributed by atoms with Gasteiger partial charge in [-0.2, -0.15) is 0 Å². The van der Waals surface area contributed by atoms with Crippen molar-refractivity contribution in [1.29, 1.82) is 0 Å². The van der Waals surface area contributed by atoms with Crippen molar-refractivity contribution in [1.82, 2.24) is 29.8 Å². The summed E-state index contributed by atoms with van der Waals surface area (Å²) in [5.41, 5.74) is 4.07. The van der Waals surface area contributed by atoms with E-state index >= 15 is 0 Å². The van der Waals surface area contributed by atoms with Crippen LogP contribution in [0.2, 0.25) is 0 Å². The summed E-state index contributed by atoms with van der Waals surface area (Å²) in [4.78, 5) is 23.5. The van der Waals surface area contributed by atoms with Crippen LogP contribution in [0.1, 0.15) is 35.8 Å². The molecule has 1 fully saturated rings. The van der Waals surface area contributed by atoms with E-state index in [1.54, 1.807) is 6.20 Å². The summed E-state index contributed by atoms with van der Waals surface area (Å²) >= 11 is 0. The number of nitrogens with zero attached hydrogens (tertiary/aromatic N) is 5. The second-order valence-electron chi connectivity index (χ2n) is 6.23. The third-order valence-corrected chi connectivity index (χ3v) is 4.41. The van der Waals surface area contributed by atoms with E-state index in [2.05, 4.69) is 30.9 Å². The standard InChI is InChI=1S/C18H20N6/c1-13-8-21-18(22-13)16-11-20-10-15(23-16)17-5-3-7-24(17)12-14-4-2-6-19-9-14/h2,4,6,8-11,17H,3,5,7,12H2,1H3,(H,21,22)/t17-/m0/s1. The van der Waals surface area contributed by atoms with E-state index in [4.69, 9.17) is 4.98 Å². The van der Waals surface area contributed by atoms with Crippen LogP contribution in [0.25, 0.3) is 11.5 Å². The van der Waals surface area contributed by atoms with Gasteiger partial charge in [0.05, 0.1) is 24.1 Å². The lowest BCUT2D eigenvalue weighted by Crippen LogP contribution is -2.23. The van der Waals surface area contributed by atoms with Gasteiger partial charge in [0.25, 0.3) is 0 Å². The highest BCUT2D eigenvalue weighted by Crippen LogP contribution is 2.32. The summed E-state index contributed by atoms with van der Waals surface area (Å²) in [7, 11) is 0. The average molecular weight is 320 g/mol. The second-order valence-corrected chi connectivity index (χ2v) is 6.23. The van der Waals surface area contributed by atoms with Gasteiger partial charge in [0, 0.05) is 30.8 Å². The first kappa shape index (κ1) is 15.0. The van der Waals surface area contributed by atoms with Crippen molar-refractivity contribution in [3.8, 4) is 11.5 Å². The molecule has 0 radical (unpaired) electrons. The fourth-order valence-electron chi connectivity index (χ4n) is 3.28. The molecule has 6 nitrogen and oxygen atoms in total. The van der Waals surface area contributed by atoms with E-state index < -0.39 is 0 Å². The van der Waals surface area contributed by atoms with E-state index in [0.717, 1.165) is 42.4 Å². The molecule has 1 aliphatic heterocycles. The number of aryl methyl sites for hydroxylation is 1. The van der Waals surface area contributed by atoms with Crippen LogP contribution in [0.15, 0.2) is 43.1 Å². The molecule has 4 rings (SSSR count). The highest BCUT2D eigenvalue weighted by atomic mass is 15.2. The average Bonchev–Trinajstić information content (AvgIpc) is 3.25. The molecule has 0 aliphatic carbocycles. The van der Waals surface area contributed by atoms with Crippen LogP contribution in [-0.2, 0) is 6.54 Å². The summed E-state index contributed by atoms with van der Waals surface area (Å²) in [6.45, 7) is 3.95. The molecule has 1 N–H and O–H groups in total. The summed E-state index contributed by atoms with van der Waals surface area (Å²) in [5, 5.41) is 0. The summed E-state index contributed by atoms with van der Waals surface area (Å²) in [6, 6.07) is 4.41. The third-order valence-electron chi connectivity index (χ3n) is 4.41. The Balaban J connectivity index is 1.58. The molecule has 24 heavy (non-hydrogen) atoms. The number of H-pyrrole nitrogens is 1. The topological polar surface area (TPSA) is 70.6 Å². The molecule has 1 aliphatic rings. The second kappa shape index (κ2) is 6.49. The van der Waals surface area contributed by atoms with Gasteiger partial charge < -0.3 is 4.98 Å². The van der Waals surface area contributed by atoms with Crippen LogP contribution in [0, 0.1) is 6.92 Å². The zero-order valence-electron chi connectivity index (χ0n) is 13.7. The Morgan fingerprint density at radius 2 is 2.17 bits per heavy atom. The fourth-order valence-corrected chi connectivity index (χ4v) is 3.28. The lowest BCUT2D eigenvalue weighted by Gasteiger charge is -2.23. The van der Waals surface area contributed by atoms with Gasteiger partial charge >= 0.3 is 0 Å². The molecule has 1 atom stereocenters. The van der Waals surface area contributed by atoms with Crippen LogP contribution in [0.4, 0.5) is 0 Å². The van der Waals surface area contributed by atoms with Crippen LogP contribution in [-0.4, -0.2) is 36.4 Å². The van der Waals surface area contributed by atoms with Crippen molar-refractivity contribution in [2.75, 3.05) is 6.54 Å². The minimum Gasteiger partial charge on any atom is -0.341 e. The maximum Gasteiger partial charge on any atom is 0.157 e. The molecular weight excluding hydrogens is 300 g/mol. The molecule has 3 aromatic heterocycles. The molecule has 0 bridgehead atoms. The Bertz CT molecular complexity index is 813. The molecule has 4 heterocycles. The Labute approximate surface area is 141 Å². The number of likely N-dealkylation sites (tertiary alicyclic amines) is 1. The zero-order chi connectivity index (χ0) is 16.4. The van der Waals surface area contributed by atoms with Gasteiger partial charge in [0.2, 0.25) is 0 Å². The predicted octanol–water partition coefficient (Wildman–Crippen LogP) is 2.91. The van der Waals surface area contributed by atoms with Crippen molar-refractivity contribution in [3.63, 3.8) is 0 Å². The van der Waals surface area contributed by atoms with Crippen molar-refractivity contribution in [2.24, 2.45) is 0 Å². The molecule has 122 valence electrons. The Morgan fingerprint density at radius 1 is 1.21 bits per heavy atom. The van der Waals surface area contributed by atoms with Gasteiger partial charge in [0.15, 0.2) is 5.82 Å². The SMILES string of the molecule is Cc1cnc(-c2cncc([C@@H]3CCCN3Cc3cccnc3)n2)[nH]1. The van der Waals surface area contributed by atoms with Crippen molar-refractivity contribution in [2.45, 2.75) is 32.4 Å². The van der Waals surface area contributed by atoms with Gasteiger partial charge in [0.1, 0.15) is 5.69 Å². The van der Waals surface area contributed by atoms with Crippen LogP contribution < -0.4 is 0 Å². The smallest absolute Gasteiger partial charge is 0.157 e. The summed E-state index contributed by atoms with van der Waals surface area (Å²) in [5.74, 6) is 0.777. The minimum atomic E-state index is 0.300. The maximum absolute atomic E-state index is 4.82. The number of pyridine rings is 1. The quantitative estimate of drug-likeness (QED) is 0.800. The highest BCUT2D eigenvalue weighted by Gasteiger charge is 2.27. The highest BCUT2D eigenvalue weighted by molar-refractivity contribution is 5.48. The van der Waals surface area contributed by atoms with Crippen LogP contribution >= 0.6 is 0 Å². The minimum absolute atomic E-state index is 0.300. The van der Waals surface area contributed by atoms with Crippen molar-refractivity contribution < 1.29 is 0 Å². The number of imidazole rings is 1. The first-order chi connectivity index (χ1) is 11.8. The Morgan fingerprint density at radius 3 is 2.96 bits per heavy atom. The lowest BCUT2D eigenvalue weighted by atomic mass is 10.1. The Kier molecular flexibility index (Phi) is 4.04. The normalized spacial score (nSPS) is 18.1. The zero-order valence-corrected chi connectivity index (χ0v) is 13.7. The van der Waals surface area contributed by atoms with E-state index in [-0.39, 0.29) is 0 Å². The van der Waals surface area contributed by atoms with E-state index in [0.29, 0.717) is 6.04 Å². The molecular formula is C18H20N6. The first-order valence-electron chi connectivity index (χ1n) is 8.26. The molecule has 3 aromatic rings. The molecule has 0 spiro atoms. The number of aromatic amines is 1. The van der Waals surface area contributed by atoms with Crippen molar-refractivity contribution in [3.05, 3.63) is 60.1 Å². The van der Waals surface area contributed by atoms with Gasteiger partial charge in [-0.15, -0.1) is 0 Å². The predicted molar refractivity (Wildman–Crippen MR) is 91.0 cm³/mol. The molecule has 0 saturated carbocycles. The van der Waals surface area contributed by atoms with Gasteiger partial charge in [-0.3, -0.25) is 14.9 Å². The largest absolute Gasteiger partial charge is 0.341 e. The number of hydrogen-bond donors (Lipinski definition) is 1. The number of hydrogen-bond acceptors (Lipinski definition) is 5. The number of nitrogens with one attached hydrogen (secondary N) is 1. The fraction of sp³-hybridized carbons (Fsp3) is 0.333. The monoisotopic (exact) mass is 320 g/mol. The van der Waals surface area contributed by atoms with Crippen LogP contribution in [0.5, 0.6) is 0 Å². The van der Waals surface area contributed by atoms with Crippen LogP contribution in [0.3, 0.4) is 0 Å². The molecule has 0 amide bonds. The summed E-state index contributed by atoms with van der Waals surface area (Å²) in [6.07, 6.45) is 11.5. The maximum atomic E-state index is 4.82. The van der Waals surface area contributed by atoms with E-state index in [1.165, 1.54) is 12.0 Å². The van der Waals surface area contributed by atoms with Gasteiger partial charge in [-0.25, -0.2) is 9.97 Å². The molecule has 6 heteroatoms. The number of aromatic nitrogens is 5. The molecule has 0 unspecified atom stereocenters.